The second kappa shape index (κ2) is 27.5. The van der Waals surface area contributed by atoms with E-state index in [0.29, 0.717) is 88.3 Å². The zero-order chi connectivity index (χ0) is 60.6. The molecule has 0 fully saturated rings. The Bertz CT molecular complexity index is 3640. The van der Waals surface area contributed by atoms with E-state index in [0.717, 1.165) is 98.0 Å². The second-order valence-electron chi connectivity index (χ2n) is 17.9. The van der Waals surface area contributed by atoms with Gasteiger partial charge in [0, 0.05) is 83.9 Å². The number of anilines is 3. The van der Waals surface area contributed by atoms with E-state index in [-0.39, 0.29) is 0 Å². The third kappa shape index (κ3) is 17.8. The number of aromatic nitrogens is 9. The van der Waals surface area contributed by atoms with Crippen molar-refractivity contribution in [3.05, 3.63) is 156 Å². The highest BCUT2D eigenvalue weighted by Gasteiger charge is 2.35. The summed E-state index contributed by atoms with van der Waals surface area (Å²) in [6, 6.07) is 15.8. The van der Waals surface area contributed by atoms with E-state index in [1.165, 1.54) is 93.6 Å². The number of nitrogen functional groups attached to an aromatic ring is 3. The van der Waals surface area contributed by atoms with Crippen LogP contribution in [0.25, 0.3) is 31.7 Å². The molecule has 3 aromatic carbocycles. The van der Waals surface area contributed by atoms with Crippen molar-refractivity contribution in [1.82, 2.24) is 44.9 Å². The fraction of sp³-hybridized carbons (Fsp3) is 0.278. The molecule has 0 atom stereocenters. The molecule has 9 rings (SSSR count). The van der Waals surface area contributed by atoms with Crippen molar-refractivity contribution in [1.29, 1.82) is 0 Å². The lowest BCUT2D eigenvalue weighted by Gasteiger charge is -2.08. The average Bonchev–Trinajstić information content (AvgIpc) is 4.36. The molecule has 0 saturated carbocycles. The van der Waals surface area contributed by atoms with Gasteiger partial charge in [-0.25, -0.2) is 53.6 Å². The fourth-order valence-corrected chi connectivity index (χ4v) is 13.6. The molecule has 6 aromatic heterocycles. The number of hydrogen-bond acceptors (Lipinski definition) is 18. The van der Waals surface area contributed by atoms with Crippen molar-refractivity contribution >= 4 is 86.7 Å². The van der Waals surface area contributed by atoms with Crippen LogP contribution in [0.4, 0.5) is 65.7 Å². The summed E-state index contributed by atoms with van der Waals surface area (Å²) in [5, 5.41) is 3.28. The molecule has 0 aliphatic heterocycles. The molecule has 12 nitrogen and oxygen atoms in total. The Hall–Kier alpha value is -6.53. The van der Waals surface area contributed by atoms with Crippen molar-refractivity contribution < 1.29 is 48.3 Å². The van der Waals surface area contributed by atoms with Crippen LogP contribution in [0.2, 0.25) is 0 Å². The molecule has 0 unspecified atom stereocenters. The smallest absolute Gasteiger partial charge is 0.384 e. The number of thioether (sulfide) groups is 3. The molecule has 29 heteroatoms. The molecule has 83 heavy (non-hydrogen) atoms. The largest absolute Gasteiger partial charge is 0.419 e. The van der Waals surface area contributed by atoms with Gasteiger partial charge in [0.1, 0.15) is 44.1 Å². The van der Waals surface area contributed by atoms with Crippen LogP contribution in [0.15, 0.2) is 94.3 Å². The first-order valence-electron chi connectivity index (χ1n) is 24.6. The van der Waals surface area contributed by atoms with Crippen LogP contribution in [0, 0.1) is 39.3 Å². The van der Waals surface area contributed by atoms with E-state index in [9.17, 15) is 48.3 Å². The molecule has 0 aliphatic rings. The van der Waals surface area contributed by atoms with Gasteiger partial charge in [-0.15, -0.1) is 34.0 Å². The quantitative estimate of drug-likeness (QED) is 0.0498. The van der Waals surface area contributed by atoms with E-state index < -0.39 is 46.9 Å². The Morgan fingerprint density at radius 1 is 0.434 bits per heavy atom. The van der Waals surface area contributed by atoms with Gasteiger partial charge in [-0.05, 0) is 76.9 Å². The summed E-state index contributed by atoms with van der Waals surface area (Å²) < 4.78 is 142. The highest BCUT2D eigenvalue weighted by molar-refractivity contribution is 7.98. The zero-order valence-corrected chi connectivity index (χ0v) is 49.5. The Balaban J connectivity index is 0.000000179. The molecule has 438 valence electrons. The van der Waals surface area contributed by atoms with Crippen LogP contribution in [-0.2, 0) is 48.6 Å². The summed E-state index contributed by atoms with van der Waals surface area (Å²) in [6.45, 7) is 11.4. The minimum absolute atomic E-state index is 0.317. The van der Waals surface area contributed by atoms with Crippen molar-refractivity contribution in [2.45, 2.75) is 112 Å². The van der Waals surface area contributed by atoms with Gasteiger partial charge in [0.25, 0.3) is 0 Å². The van der Waals surface area contributed by atoms with Crippen molar-refractivity contribution in [2.75, 3.05) is 17.2 Å². The monoisotopic (exact) mass is 1270 g/mol. The maximum Gasteiger partial charge on any atom is 0.419 e. The number of benzene rings is 3. The lowest BCUT2D eigenvalue weighted by molar-refractivity contribution is -0.140. The van der Waals surface area contributed by atoms with Gasteiger partial charge in [-0.1, -0.05) is 79.8 Å². The number of alkyl halides is 9. The number of rotatable bonds is 15. The van der Waals surface area contributed by atoms with Crippen molar-refractivity contribution in [3.8, 4) is 31.7 Å². The maximum atomic E-state index is 14.0. The van der Waals surface area contributed by atoms with Crippen LogP contribution >= 0.6 is 69.3 Å². The predicted molar refractivity (Wildman–Crippen MR) is 308 cm³/mol. The summed E-state index contributed by atoms with van der Waals surface area (Å²) in [5.74, 6) is 0.0907. The normalized spacial score (nSPS) is 11.8. The number of aryl methyl sites for hydroxylation is 6. The third-order valence-corrected chi connectivity index (χ3v) is 17.5. The first-order chi connectivity index (χ1) is 39.1. The standard InChI is InChI=1S/C19H18F4N4S2.C18H16F4N4S2.C17H15F3N4S2/c1-3-4-15-14(9-28-18-25-10(2)7-16(24)27-18)26-17(29-15)11-5-6-12(13(20)8-11)19(21,22)23;1-3-14-13(8-27-17-24-9(2)6-15(23)26-17)25-16(28-14)10-4-5-11(12(19)7-10)18(20,21)22;1-9-7-14(21)24-16(22-9)25-8-13-10(2)26-15(23-13)11-3-5-12(6-4-11)17(18,19)20/h5-8H,3-4,9H2,1-2H3,(H2,24,25,27);4-7H,3,8H2,1-2H3,(H2,23,24,26);3-7H,8H2,1-2H3,(H2,21,22,24). The first kappa shape index (κ1) is 64.0. The first-order valence-corrected chi connectivity index (χ1v) is 30.0. The zero-order valence-electron chi connectivity index (χ0n) is 44.6. The van der Waals surface area contributed by atoms with Crippen LogP contribution < -0.4 is 17.2 Å². The van der Waals surface area contributed by atoms with Crippen molar-refractivity contribution in [3.63, 3.8) is 0 Å². The summed E-state index contributed by atoms with van der Waals surface area (Å²) >= 11 is 8.32. The van der Waals surface area contributed by atoms with Crippen LogP contribution in [0.5, 0.6) is 0 Å². The molecule has 0 radical (unpaired) electrons. The second-order valence-corrected chi connectivity index (χ2v) is 24.1. The molecular weight excluding hydrogens is 1220 g/mol. The fourth-order valence-electron chi connectivity index (χ4n) is 7.47. The van der Waals surface area contributed by atoms with Gasteiger partial charge in [-0.3, -0.25) is 0 Å². The number of nitrogens with zero attached hydrogens (tertiary/aromatic N) is 9. The van der Waals surface area contributed by atoms with E-state index >= 15 is 0 Å². The Morgan fingerprint density at radius 2 is 0.807 bits per heavy atom. The Morgan fingerprint density at radius 3 is 1.18 bits per heavy atom. The van der Waals surface area contributed by atoms with Crippen LogP contribution in [0.1, 0.15) is 85.8 Å². The lowest BCUT2D eigenvalue weighted by atomic mass is 10.1. The van der Waals surface area contributed by atoms with Gasteiger partial charge in [0.15, 0.2) is 15.5 Å². The van der Waals surface area contributed by atoms with Gasteiger partial charge < -0.3 is 17.2 Å². The van der Waals surface area contributed by atoms with Gasteiger partial charge in [0.05, 0.1) is 33.8 Å². The molecule has 6 heterocycles. The van der Waals surface area contributed by atoms with E-state index in [1.807, 2.05) is 41.5 Å². The maximum absolute atomic E-state index is 14.0. The molecule has 6 N–H and O–H groups in total. The minimum atomic E-state index is -4.73. The number of halogens is 11. The summed E-state index contributed by atoms with van der Waals surface area (Å²) in [6.07, 6.45) is -11.4. The van der Waals surface area contributed by atoms with Gasteiger partial charge >= 0.3 is 18.5 Å². The van der Waals surface area contributed by atoms with E-state index in [2.05, 4.69) is 44.9 Å². The highest BCUT2D eigenvalue weighted by atomic mass is 32.2. The molecular formula is C54H49F11N12S6. The van der Waals surface area contributed by atoms with E-state index in [4.69, 9.17) is 17.2 Å². The van der Waals surface area contributed by atoms with Crippen LogP contribution in [-0.4, -0.2) is 44.9 Å². The summed E-state index contributed by atoms with van der Waals surface area (Å²) in [5.41, 5.74) is 20.0. The molecule has 0 bridgehead atoms. The van der Waals surface area contributed by atoms with E-state index in [1.54, 1.807) is 18.2 Å². The highest BCUT2D eigenvalue weighted by Crippen LogP contribution is 2.40. The number of thiazole rings is 3. The van der Waals surface area contributed by atoms with Crippen molar-refractivity contribution in [2.24, 2.45) is 0 Å². The average molecular weight is 1270 g/mol. The minimum Gasteiger partial charge on any atom is -0.384 e. The topological polar surface area (TPSA) is 194 Å². The van der Waals surface area contributed by atoms with Gasteiger partial charge in [-0.2, -0.15) is 39.5 Å². The van der Waals surface area contributed by atoms with Gasteiger partial charge in [0.2, 0.25) is 0 Å². The number of hydrogen-bond donors (Lipinski definition) is 3. The SMILES string of the molecule is CCCc1sc(-c2ccc(C(F)(F)F)c(F)c2)nc1CSc1nc(C)cc(N)n1.CCc1sc(-c2ccc(C(F)(F)F)c(F)c2)nc1CSc1nc(C)cc(N)n1.Cc1cc(N)nc(SCc2nc(-c3ccc(C(F)(F)F)cc3)sc2C)n1. The summed E-state index contributed by atoms with van der Waals surface area (Å²) in [4.78, 5) is 42.1. The Kier molecular flexibility index (Phi) is 21.2. The molecule has 0 aliphatic carbocycles. The molecule has 9 aromatic rings. The third-order valence-electron chi connectivity index (χ3n) is 11.3. The molecule has 0 saturated heterocycles. The summed E-state index contributed by atoms with van der Waals surface area (Å²) in [7, 11) is 0. The molecule has 0 amide bonds. The molecule has 0 spiro atoms. The predicted octanol–water partition coefficient (Wildman–Crippen LogP) is 16.5. The number of nitrogens with two attached hydrogens (primary N) is 3. The van der Waals surface area contributed by atoms with Crippen LogP contribution in [0.3, 0.4) is 0 Å². The lowest BCUT2D eigenvalue weighted by Crippen LogP contribution is -2.07. The Labute approximate surface area is 493 Å².